The van der Waals surface area contributed by atoms with Crippen LogP contribution >= 0.6 is 0 Å². The van der Waals surface area contributed by atoms with Crippen LogP contribution in [0.1, 0.15) is 5.56 Å². The third-order valence-electron chi connectivity index (χ3n) is 3.50. The highest BCUT2D eigenvalue weighted by Gasteiger charge is 2.03. The smallest absolute Gasteiger partial charge is 0.119 e. The van der Waals surface area contributed by atoms with E-state index >= 15 is 0 Å². The van der Waals surface area contributed by atoms with Gasteiger partial charge in [0.2, 0.25) is 0 Å². The van der Waals surface area contributed by atoms with Crippen LogP contribution < -0.4 is 4.74 Å². The lowest BCUT2D eigenvalue weighted by Crippen LogP contribution is -1.85. The van der Waals surface area contributed by atoms with Gasteiger partial charge in [-0.2, -0.15) is 0 Å². The van der Waals surface area contributed by atoms with Crippen molar-refractivity contribution in [1.82, 2.24) is 0 Å². The second-order valence-corrected chi connectivity index (χ2v) is 4.74. The molecule has 0 aliphatic rings. The summed E-state index contributed by atoms with van der Waals surface area (Å²) in [6, 6.07) is 21.2. The molecular formula is C18H16O. The number of hydrogen-bond donors (Lipinski definition) is 0. The summed E-state index contributed by atoms with van der Waals surface area (Å²) in [7, 11) is 1.70. The second kappa shape index (κ2) is 4.77. The van der Waals surface area contributed by atoms with Crippen molar-refractivity contribution in [1.29, 1.82) is 0 Å². The Morgan fingerprint density at radius 1 is 0.789 bits per heavy atom. The molecule has 0 saturated carbocycles. The molecule has 0 aliphatic carbocycles. The average Bonchev–Trinajstić information content (AvgIpc) is 2.46. The Morgan fingerprint density at radius 2 is 1.53 bits per heavy atom. The van der Waals surface area contributed by atoms with Gasteiger partial charge in [0.15, 0.2) is 0 Å². The van der Waals surface area contributed by atoms with Crippen molar-refractivity contribution >= 4 is 10.8 Å². The van der Waals surface area contributed by atoms with Crippen molar-refractivity contribution in [3.8, 4) is 16.9 Å². The predicted molar refractivity (Wildman–Crippen MR) is 80.7 cm³/mol. The SMILES string of the molecule is COc1ccc2cc(-c3ccccc3C)ccc2c1. The van der Waals surface area contributed by atoms with Crippen LogP contribution in [0, 0.1) is 6.92 Å². The van der Waals surface area contributed by atoms with Crippen molar-refractivity contribution in [3.05, 3.63) is 66.2 Å². The Bertz CT molecular complexity index is 729. The fourth-order valence-corrected chi connectivity index (χ4v) is 2.42. The van der Waals surface area contributed by atoms with Gasteiger partial charge in [-0.25, -0.2) is 0 Å². The van der Waals surface area contributed by atoms with Gasteiger partial charge in [-0.15, -0.1) is 0 Å². The minimum Gasteiger partial charge on any atom is -0.497 e. The van der Waals surface area contributed by atoms with Crippen LogP contribution in [-0.4, -0.2) is 7.11 Å². The first-order valence-electron chi connectivity index (χ1n) is 6.42. The molecule has 0 radical (unpaired) electrons. The quantitative estimate of drug-likeness (QED) is 0.631. The van der Waals surface area contributed by atoms with E-state index in [4.69, 9.17) is 4.74 Å². The minimum atomic E-state index is 0.899. The standard InChI is InChI=1S/C18H16O/c1-13-5-3-4-6-18(13)16-8-7-15-12-17(19-2)10-9-14(15)11-16/h3-12H,1-2H3. The fourth-order valence-electron chi connectivity index (χ4n) is 2.42. The highest BCUT2D eigenvalue weighted by molar-refractivity contribution is 5.88. The third-order valence-corrected chi connectivity index (χ3v) is 3.50. The highest BCUT2D eigenvalue weighted by Crippen LogP contribution is 2.28. The Balaban J connectivity index is 2.15. The van der Waals surface area contributed by atoms with E-state index in [0.717, 1.165) is 5.75 Å². The molecule has 0 spiro atoms. The van der Waals surface area contributed by atoms with E-state index in [0.29, 0.717) is 0 Å². The third kappa shape index (κ3) is 2.19. The van der Waals surface area contributed by atoms with Gasteiger partial charge in [-0.3, -0.25) is 0 Å². The molecule has 0 unspecified atom stereocenters. The zero-order chi connectivity index (χ0) is 13.2. The molecule has 3 rings (SSSR count). The van der Waals surface area contributed by atoms with Gasteiger partial charge >= 0.3 is 0 Å². The van der Waals surface area contributed by atoms with Gasteiger partial charge in [-0.05, 0) is 52.6 Å². The first-order valence-corrected chi connectivity index (χ1v) is 6.42. The lowest BCUT2D eigenvalue weighted by molar-refractivity contribution is 0.415. The van der Waals surface area contributed by atoms with E-state index in [9.17, 15) is 0 Å². The molecule has 3 aromatic carbocycles. The maximum atomic E-state index is 5.26. The molecule has 0 N–H and O–H groups in total. The van der Waals surface area contributed by atoms with Crippen LogP contribution in [0.15, 0.2) is 60.7 Å². The molecule has 1 heteroatoms. The van der Waals surface area contributed by atoms with E-state index in [1.165, 1.54) is 27.5 Å². The lowest BCUT2D eigenvalue weighted by Gasteiger charge is -2.08. The molecule has 1 nitrogen and oxygen atoms in total. The average molecular weight is 248 g/mol. The number of benzene rings is 3. The van der Waals surface area contributed by atoms with E-state index in [-0.39, 0.29) is 0 Å². The molecule has 0 amide bonds. The lowest BCUT2D eigenvalue weighted by atomic mass is 9.98. The molecule has 0 atom stereocenters. The van der Waals surface area contributed by atoms with Crippen LogP contribution in [0.4, 0.5) is 0 Å². The number of hydrogen-bond acceptors (Lipinski definition) is 1. The monoisotopic (exact) mass is 248 g/mol. The highest BCUT2D eigenvalue weighted by atomic mass is 16.5. The summed E-state index contributed by atoms with van der Waals surface area (Å²) in [6.07, 6.45) is 0. The summed E-state index contributed by atoms with van der Waals surface area (Å²) in [5.41, 5.74) is 3.85. The van der Waals surface area contributed by atoms with Gasteiger partial charge < -0.3 is 4.74 Å². The number of ether oxygens (including phenoxy) is 1. The van der Waals surface area contributed by atoms with Crippen molar-refractivity contribution in [3.63, 3.8) is 0 Å². The summed E-state index contributed by atoms with van der Waals surface area (Å²) >= 11 is 0. The Kier molecular flexibility index (Phi) is 2.96. The topological polar surface area (TPSA) is 9.23 Å². The van der Waals surface area contributed by atoms with E-state index in [1.807, 2.05) is 6.07 Å². The minimum absolute atomic E-state index is 0.899. The Hall–Kier alpha value is -2.28. The summed E-state index contributed by atoms with van der Waals surface area (Å²) in [5.74, 6) is 0.899. The van der Waals surface area contributed by atoms with Gasteiger partial charge in [0.1, 0.15) is 5.75 Å². The van der Waals surface area contributed by atoms with Crippen molar-refractivity contribution in [2.75, 3.05) is 7.11 Å². The number of rotatable bonds is 2. The largest absolute Gasteiger partial charge is 0.497 e. The van der Waals surface area contributed by atoms with Gasteiger partial charge in [0, 0.05) is 0 Å². The molecule has 94 valence electrons. The number of fused-ring (bicyclic) bond motifs is 1. The van der Waals surface area contributed by atoms with Gasteiger partial charge in [-0.1, -0.05) is 42.5 Å². The number of methoxy groups -OCH3 is 1. The van der Waals surface area contributed by atoms with Crippen LogP contribution in [-0.2, 0) is 0 Å². The molecule has 0 aromatic heterocycles. The van der Waals surface area contributed by atoms with E-state index < -0.39 is 0 Å². The van der Waals surface area contributed by atoms with E-state index in [2.05, 4.69) is 61.5 Å². The Morgan fingerprint density at radius 3 is 2.32 bits per heavy atom. The molecule has 0 fully saturated rings. The van der Waals surface area contributed by atoms with E-state index in [1.54, 1.807) is 7.11 Å². The van der Waals surface area contributed by atoms with Crippen molar-refractivity contribution in [2.45, 2.75) is 6.92 Å². The normalized spacial score (nSPS) is 10.6. The van der Waals surface area contributed by atoms with Gasteiger partial charge in [0.25, 0.3) is 0 Å². The number of aryl methyl sites for hydroxylation is 1. The molecule has 0 heterocycles. The maximum absolute atomic E-state index is 5.26. The van der Waals surface area contributed by atoms with Crippen molar-refractivity contribution in [2.24, 2.45) is 0 Å². The predicted octanol–water partition coefficient (Wildman–Crippen LogP) is 4.82. The fraction of sp³-hybridized carbons (Fsp3) is 0.111. The molecule has 0 saturated heterocycles. The Labute approximate surface area is 113 Å². The zero-order valence-electron chi connectivity index (χ0n) is 11.2. The molecule has 3 aromatic rings. The van der Waals surface area contributed by atoms with Crippen LogP contribution in [0.25, 0.3) is 21.9 Å². The summed E-state index contributed by atoms with van der Waals surface area (Å²) < 4.78 is 5.26. The van der Waals surface area contributed by atoms with Crippen molar-refractivity contribution < 1.29 is 4.74 Å². The second-order valence-electron chi connectivity index (χ2n) is 4.74. The summed E-state index contributed by atoms with van der Waals surface area (Å²) in [6.45, 7) is 2.15. The molecule has 0 bridgehead atoms. The first kappa shape index (κ1) is 11.8. The zero-order valence-corrected chi connectivity index (χ0v) is 11.2. The summed E-state index contributed by atoms with van der Waals surface area (Å²) in [4.78, 5) is 0. The molecular weight excluding hydrogens is 232 g/mol. The molecule has 0 aliphatic heterocycles. The van der Waals surface area contributed by atoms with Crippen LogP contribution in [0.3, 0.4) is 0 Å². The summed E-state index contributed by atoms with van der Waals surface area (Å²) in [5, 5.41) is 2.44. The first-order chi connectivity index (χ1) is 9.28. The molecule has 19 heavy (non-hydrogen) atoms. The maximum Gasteiger partial charge on any atom is 0.119 e. The van der Waals surface area contributed by atoms with Gasteiger partial charge in [0.05, 0.1) is 7.11 Å². The van der Waals surface area contributed by atoms with Crippen LogP contribution in [0.5, 0.6) is 5.75 Å². The van der Waals surface area contributed by atoms with Crippen LogP contribution in [0.2, 0.25) is 0 Å².